The Balaban J connectivity index is 1.56. The lowest BCUT2D eigenvalue weighted by Gasteiger charge is -2.08. The molecule has 8 nitrogen and oxygen atoms in total. The lowest BCUT2D eigenvalue weighted by atomic mass is 10.0. The SMILES string of the molecule is Cc1ccc(N=c2scc(-c3cccc4ccccc34)n2N=Cc2cc3c(cc2[N+](=O)[O-])OCO3)c(C)c1. The van der Waals surface area contributed by atoms with Gasteiger partial charge in [0.25, 0.3) is 5.69 Å². The van der Waals surface area contributed by atoms with E-state index in [1.165, 1.54) is 23.6 Å². The number of aryl methyl sites for hydroxylation is 2. The number of nitro groups is 1. The summed E-state index contributed by atoms with van der Waals surface area (Å²) in [6.07, 6.45) is 1.47. The molecule has 0 saturated carbocycles. The van der Waals surface area contributed by atoms with Crippen LogP contribution in [-0.2, 0) is 0 Å². The lowest BCUT2D eigenvalue weighted by Crippen LogP contribution is -2.12. The number of rotatable bonds is 5. The van der Waals surface area contributed by atoms with E-state index >= 15 is 0 Å². The molecule has 1 aromatic heterocycles. The van der Waals surface area contributed by atoms with Gasteiger partial charge in [0.1, 0.15) is 0 Å². The van der Waals surface area contributed by atoms with Crippen molar-refractivity contribution in [1.82, 2.24) is 4.68 Å². The van der Waals surface area contributed by atoms with Gasteiger partial charge in [0.05, 0.1) is 34.1 Å². The summed E-state index contributed by atoms with van der Waals surface area (Å²) >= 11 is 1.46. The first-order valence-corrected chi connectivity index (χ1v) is 12.8. The molecule has 2 heterocycles. The molecule has 0 N–H and O–H groups in total. The number of thiazole rings is 1. The molecule has 0 bridgehead atoms. The van der Waals surface area contributed by atoms with E-state index in [2.05, 4.69) is 24.3 Å². The Morgan fingerprint density at radius 3 is 2.61 bits per heavy atom. The van der Waals surface area contributed by atoms with Gasteiger partial charge in [-0.25, -0.2) is 9.67 Å². The molecule has 0 unspecified atom stereocenters. The number of aromatic nitrogens is 1. The van der Waals surface area contributed by atoms with Gasteiger partial charge in [-0.05, 0) is 42.3 Å². The maximum atomic E-state index is 11.8. The third kappa shape index (κ3) is 4.33. The number of fused-ring (bicyclic) bond motifs is 2. The minimum atomic E-state index is -0.450. The highest BCUT2D eigenvalue weighted by atomic mass is 32.1. The molecule has 1 aliphatic rings. The van der Waals surface area contributed by atoms with Crippen LogP contribution in [-0.4, -0.2) is 22.6 Å². The first-order chi connectivity index (χ1) is 18.5. The van der Waals surface area contributed by atoms with Crippen molar-refractivity contribution in [2.24, 2.45) is 10.1 Å². The lowest BCUT2D eigenvalue weighted by molar-refractivity contribution is -0.385. The van der Waals surface area contributed by atoms with E-state index < -0.39 is 4.92 Å². The highest BCUT2D eigenvalue weighted by Gasteiger charge is 2.23. The van der Waals surface area contributed by atoms with Crippen LogP contribution >= 0.6 is 11.3 Å². The third-order valence-electron chi connectivity index (χ3n) is 6.35. The molecular formula is C29H22N4O4S. The molecule has 0 atom stereocenters. The zero-order valence-corrected chi connectivity index (χ0v) is 21.4. The number of nitro benzene ring substituents is 1. The Labute approximate surface area is 221 Å². The summed E-state index contributed by atoms with van der Waals surface area (Å²) in [7, 11) is 0. The van der Waals surface area contributed by atoms with Gasteiger partial charge < -0.3 is 9.47 Å². The zero-order chi connectivity index (χ0) is 26.2. The summed E-state index contributed by atoms with van der Waals surface area (Å²) in [5.74, 6) is 0.792. The highest BCUT2D eigenvalue weighted by molar-refractivity contribution is 7.07. The quantitative estimate of drug-likeness (QED) is 0.145. The summed E-state index contributed by atoms with van der Waals surface area (Å²) in [4.78, 5) is 16.9. The summed E-state index contributed by atoms with van der Waals surface area (Å²) < 4.78 is 12.5. The van der Waals surface area contributed by atoms with Gasteiger partial charge in [-0.3, -0.25) is 10.1 Å². The Morgan fingerprint density at radius 2 is 1.79 bits per heavy atom. The second kappa shape index (κ2) is 9.60. The number of nitrogens with zero attached hydrogens (tertiary/aromatic N) is 4. The monoisotopic (exact) mass is 522 g/mol. The van der Waals surface area contributed by atoms with Crippen molar-refractivity contribution in [1.29, 1.82) is 0 Å². The smallest absolute Gasteiger partial charge is 0.282 e. The molecule has 5 aromatic rings. The van der Waals surface area contributed by atoms with E-state index in [4.69, 9.17) is 19.6 Å². The van der Waals surface area contributed by atoms with Crippen molar-refractivity contribution in [2.75, 3.05) is 6.79 Å². The molecule has 6 rings (SSSR count). The molecule has 188 valence electrons. The molecule has 0 spiro atoms. The minimum Gasteiger partial charge on any atom is -0.454 e. The molecule has 0 aliphatic carbocycles. The predicted molar refractivity (Wildman–Crippen MR) is 149 cm³/mol. The molecule has 4 aromatic carbocycles. The topological polar surface area (TPSA) is 91.2 Å². The van der Waals surface area contributed by atoms with Crippen LogP contribution in [0.2, 0.25) is 0 Å². The third-order valence-corrected chi connectivity index (χ3v) is 7.17. The van der Waals surface area contributed by atoms with Gasteiger partial charge in [-0.1, -0.05) is 60.2 Å². The average molecular weight is 523 g/mol. The summed E-state index contributed by atoms with van der Waals surface area (Å²) in [5.41, 5.74) is 5.04. The van der Waals surface area contributed by atoms with E-state index in [-0.39, 0.29) is 12.5 Å². The van der Waals surface area contributed by atoms with Crippen molar-refractivity contribution < 1.29 is 14.4 Å². The van der Waals surface area contributed by atoms with Crippen molar-refractivity contribution in [3.63, 3.8) is 0 Å². The molecule has 0 saturated heterocycles. The van der Waals surface area contributed by atoms with Crippen LogP contribution < -0.4 is 14.3 Å². The molecule has 0 amide bonds. The first-order valence-electron chi connectivity index (χ1n) is 11.9. The normalized spacial score (nSPS) is 13.1. The molecule has 0 radical (unpaired) electrons. The van der Waals surface area contributed by atoms with Crippen LogP contribution in [0.5, 0.6) is 11.5 Å². The van der Waals surface area contributed by atoms with Crippen LogP contribution in [0.3, 0.4) is 0 Å². The van der Waals surface area contributed by atoms with Gasteiger partial charge in [0.15, 0.2) is 11.5 Å². The van der Waals surface area contributed by atoms with E-state index in [0.29, 0.717) is 21.9 Å². The maximum Gasteiger partial charge on any atom is 0.282 e. The second-order valence-corrected chi connectivity index (χ2v) is 9.75. The van der Waals surface area contributed by atoms with E-state index in [0.717, 1.165) is 38.8 Å². The summed E-state index contributed by atoms with van der Waals surface area (Å²) in [5, 5.41) is 20.7. The van der Waals surface area contributed by atoms with Crippen molar-refractivity contribution in [2.45, 2.75) is 13.8 Å². The minimum absolute atomic E-state index is 0.0243. The fourth-order valence-corrected chi connectivity index (χ4v) is 5.33. The van der Waals surface area contributed by atoms with E-state index in [9.17, 15) is 10.1 Å². The molecule has 38 heavy (non-hydrogen) atoms. The Bertz CT molecular complexity index is 1810. The van der Waals surface area contributed by atoms with Crippen molar-refractivity contribution in [3.8, 4) is 22.8 Å². The molecule has 1 aliphatic heterocycles. The Hall–Kier alpha value is -4.76. The van der Waals surface area contributed by atoms with Crippen LogP contribution in [0.4, 0.5) is 11.4 Å². The molecular weight excluding hydrogens is 500 g/mol. The van der Waals surface area contributed by atoms with Crippen molar-refractivity contribution >= 4 is 39.7 Å². The van der Waals surface area contributed by atoms with Crippen LogP contribution in [0.1, 0.15) is 16.7 Å². The maximum absolute atomic E-state index is 11.8. The van der Waals surface area contributed by atoms with Gasteiger partial charge in [0.2, 0.25) is 11.6 Å². The van der Waals surface area contributed by atoms with Gasteiger partial charge in [-0.15, -0.1) is 11.3 Å². The first kappa shape index (κ1) is 23.6. The second-order valence-electron chi connectivity index (χ2n) is 8.91. The Kier molecular flexibility index (Phi) is 5.97. The predicted octanol–water partition coefficient (Wildman–Crippen LogP) is 6.74. The summed E-state index contributed by atoms with van der Waals surface area (Å²) in [6.45, 7) is 4.09. The highest BCUT2D eigenvalue weighted by Crippen LogP contribution is 2.37. The molecule has 9 heteroatoms. The van der Waals surface area contributed by atoms with Gasteiger partial charge in [-0.2, -0.15) is 5.10 Å². The van der Waals surface area contributed by atoms with Crippen LogP contribution in [0, 0.1) is 24.0 Å². The van der Waals surface area contributed by atoms with E-state index in [1.54, 1.807) is 10.7 Å². The van der Waals surface area contributed by atoms with E-state index in [1.807, 2.05) is 55.6 Å². The Morgan fingerprint density at radius 1 is 1.00 bits per heavy atom. The number of benzene rings is 4. The van der Waals surface area contributed by atoms with Crippen molar-refractivity contribution in [3.05, 3.63) is 110 Å². The zero-order valence-electron chi connectivity index (χ0n) is 20.6. The largest absolute Gasteiger partial charge is 0.454 e. The summed E-state index contributed by atoms with van der Waals surface area (Å²) in [6, 6.07) is 23.3. The number of hydrogen-bond donors (Lipinski definition) is 0. The fourth-order valence-electron chi connectivity index (χ4n) is 4.49. The van der Waals surface area contributed by atoms with Gasteiger partial charge >= 0.3 is 0 Å². The number of hydrogen-bond acceptors (Lipinski definition) is 7. The van der Waals surface area contributed by atoms with Crippen LogP contribution in [0.15, 0.2) is 88.3 Å². The van der Waals surface area contributed by atoms with Crippen LogP contribution in [0.25, 0.3) is 22.0 Å². The molecule has 0 fully saturated rings. The standard InChI is InChI=1S/C29H22N4O4S/c1-18-10-11-24(19(2)12-18)31-29-32(26(16-38-29)23-9-5-7-20-6-3-4-8-22(20)23)30-15-21-13-27-28(37-17-36-27)14-25(21)33(34)35/h3-16H,17H2,1-2H3. The fraction of sp³-hybridized carbons (Fsp3) is 0.103. The number of ether oxygens (including phenoxy) is 2. The average Bonchev–Trinajstić information content (AvgIpc) is 3.54. The van der Waals surface area contributed by atoms with Gasteiger partial charge in [0, 0.05) is 10.9 Å².